The SMILES string of the molecule is CC1=C(I)C(O)N(c2cccc(OC(F)(F)F)c2)C=C1. The van der Waals surface area contributed by atoms with Gasteiger partial charge in [0.05, 0.1) is 0 Å². The number of aliphatic hydroxyl groups excluding tert-OH is 1. The maximum atomic E-state index is 12.2. The largest absolute Gasteiger partial charge is 0.573 e. The van der Waals surface area contributed by atoms with Gasteiger partial charge in [-0.15, -0.1) is 13.2 Å². The molecule has 0 saturated heterocycles. The summed E-state index contributed by atoms with van der Waals surface area (Å²) in [7, 11) is 0. The van der Waals surface area contributed by atoms with E-state index in [4.69, 9.17) is 0 Å². The molecule has 0 radical (unpaired) electrons. The second kappa shape index (κ2) is 5.65. The van der Waals surface area contributed by atoms with E-state index in [2.05, 4.69) is 4.74 Å². The van der Waals surface area contributed by atoms with Crippen molar-refractivity contribution in [3.05, 3.63) is 45.7 Å². The molecule has 0 amide bonds. The topological polar surface area (TPSA) is 32.7 Å². The zero-order valence-corrected chi connectivity index (χ0v) is 12.5. The maximum Gasteiger partial charge on any atom is 0.573 e. The minimum absolute atomic E-state index is 0.322. The Hall–Kier alpha value is -1.22. The summed E-state index contributed by atoms with van der Waals surface area (Å²) >= 11 is 2.01. The quantitative estimate of drug-likeness (QED) is 0.768. The monoisotopic (exact) mass is 397 g/mol. The van der Waals surface area contributed by atoms with E-state index >= 15 is 0 Å². The maximum absolute atomic E-state index is 12.2. The molecule has 0 spiro atoms. The minimum Gasteiger partial charge on any atom is -0.406 e. The third-order valence-corrected chi connectivity index (χ3v) is 4.11. The number of anilines is 1. The molecule has 1 unspecified atom stereocenters. The Kier molecular flexibility index (Phi) is 4.28. The molecule has 1 aromatic rings. The lowest BCUT2D eigenvalue weighted by Crippen LogP contribution is -2.33. The highest BCUT2D eigenvalue weighted by atomic mass is 127. The molecule has 1 heterocycles. The fourth-order valence-electron chi connectivity index (χ4n) is 1.75. The third-order valence-electron chi connectivity index (χ3n) is 2.70. The van der Waals surface area contributed by atoms with Crippen molar-refractivity contribution in [2.24, 2.45) is 0 Å². The van der Waals surface area contributed by atoms with Gasteiger partial charge in [0.25, 0.3) is 0 Å². The number of allylic oxidation sites excluding steroid dienone is 2. The van der Waals surface area contributed by atoms with Gasteiger partial charge >= 0.3 is 6.36 Å². The molecule has 0 aliphatic carbocycles. The van der Waals surface area contributed by atoms with Crippen molar-refractivity contribution in [3.8, 4) is 5.75 Å². The molecule has 1 aromatic carbocycles. The first kappa shape index (κ1) is 15.2. The van der Waals surface area contributed by atoms with Crippen LogP contribution in [0.3, 0.4) is 0 Å². The molecule has 1 N–H and O–H groups in total. The number of ether oxygens (including phenoxy) is 1. The van der Waals surface area contributed by atoms with E-state index in [0.29, 0.717) is 9.27 Å². The molecule has 1 atom stereocenters. The first-order chi connectivity index (χ1) is 9.28. The van der Waals surface area contributed by atoms with Crippen LogP contribution in [0.1, 0.15) is 6.92 Å². The van der Waals surface area contributed by atoms with Gasteiger partial charge in [-0.25, -0.2) is 0 Å². The Labute approximate surface area is 127 Å². The number of alkyl halides is 3. The fraction of sp³-hybridized carbons (Fsp3) is 0.231. The molecule has 1 aliphatic rings. The molecule has 20 heavy (non-hydrogen) atoms. The highest BCUT2D eigenvalue weighted by Crippen LogP contribution is 2.32. The van der Waals surface area contributed by atoms with E-state index in [1.165, 1.54) is 23.1 Å². The third kappa shape index (κ3) is 3.45. The molecule has 108 valence electrons. The number of halogens is 4. The van der Waals surface area contributed by atoms with E-state index in [9.17, 15) is 18.3 Å². The first-order valence-electron chi connectivity index (χ1n) is 5.64. The summed E-state index contributed by atoms with van der Waals surface area (Å²) in [6.07, 6.45) is -2.25. The van der Waals surface area contributed by atoms with Crippen LogP contribution in [-0.4, -0.2) is 17.7 Å². The lowest BCUT2D eigenvalue weighted by molar-refractivity contribution is -0.274. The summed E-state index contributed by atoms with van der Waals surface area (Å²) in [5.74, 6) is -0.322. The lowest BCUT2D eigenvalue weighted by atomic mass is 10.1. The number of hydrogen-bond donors (Lipinski definition) is 1. The van der Waals surface area contributed by atoms with Crippen molar-refractivity contribution in [2.75, 3.05) is 4.90 Å². The second-order valence-electron chi connectivity index (χ2n) is 4.17. The van der Waals surface area contributed by atoms with Gasteiger partial charge in [0.15, 0.2) is 6.23 Å². The van der Waals surface area contributed by atoms with Gasteiger partial charge in [-0.05, 0) is 53.3 Å². The molecule has 2 rings (SSSR count). The van der Waals surface area contributed by atoms with Gasteiger partial charge in [-0.2, -0.15) is 0 Å². The van der Waals surface area contributed by atoms with Crippen LogP contribution in [0.2, 0.25) is 0 Å². The Morgan fingerprint density at radius 3 is 2.70 bits per heavy atom. The predicted molar refractivity (Wildman–Crippen MR) is 77.5 cm³/mol. The van der Waals surface area contributed by atoms with Gasteiger partial charge < -0.3 is 14.7 Å². The Bertz CT molecular complexity index is 569. The summed E-state index contributed by atoms with van der Waals surface area (Å²) < 4.78 is 41.2. The summed E-state index contributed by atoms with van der Waals surface area (Å²) in [5.41, 5.74) is 1.33. The van der Waals surface area contributed by atoms with Crippen molar-refractivity contribution in [1.29, 1.82) is 0 Å². The minimum atomic E-state index is -4.74. The molecule has 7 heteroatoms. The molecule has 0 fully saturated rings. The standard InChI is InChI=1S/C13H11F3INO2/c1-8-5-6-18(12(19)11(8)17)9-3-2-4-10(7-9)20-13(14,15)16/h2-7,12,19H,1H3. The van der Waals surface area contributed by atoms with Crippen LogP contribution in [0, 0.1) is 0 Å². The predicted octanol–water partition coefficient (Wildman–Crippen LogP) is 3.95. The van der Waals surface area contributed by atoms with Crippen molar-refractivity contribution >= 4 is 28.3 Å². The molecule has 3 nitrogen and oxygen atoms in total. The number of nitrogens with zero attached hydrogens (tertiary/aromatic N) is 1. The highest BCUT2D eigenvalue weighted by Gasteiger charge is 2.31. The second-order valence-corrected chi connectivity index (χ2v) is 5.33. The van der Waals surface area contributed by atoms with Gasteiger partial charge in [0, 0.05) is 21.5 Å². The smallest absolute Gasteiger partial charge is 0.406 e. The Morgan fingerprint density at radius 1 is 1.35 bits per heavy atom. The average Bonchev–Trinajstić information content (AvgIpc) is 2.34. The van der Waals surface area contributed by atoms with Gasteiger partial charge in [0.2, 0.25) is 0 Å². The molecule has 1 aliphatic heterocycles. The van der Waals surface area contributed by atoms with Crippen LogP contribution in [0.25, 0.3) is 0 Å². The number of aliphatic hydroxyl groups is 1. The molecular weight excluding hydrogens is 386 g/mol. The van der Waals surface area contributed by atoms with Crippen molar-refractivity contribution in [1.82, 2.24) is 0 Å². The molecular formula is C13H11F3INO2. The van der Waals surface area contributed by atoms with Gasteiger partial charge in [0.1, 0.15) is 5.75 Å². The molecule has 0 saturated carbocycles. The van der Waals surface area contributed by atoms with Crippen LogP contribution in [0.4, 0.5) is 18.9 Å². The number of benzene rings is 1. The van der Waals surface area contributed by atoms with Crippen molar-refractivity contribution < 1.29 is 23.0 Å². The average molecular weight is 397 g/mol. The number of hydrogen-bond acceptors (Lipinski definition) is 3. The Morgan fingerprint density at radius 2 is 2.05 bits per heavy atom. The fourth-order valence-corrected chi connectivity index (χ4v) is 2.23. The van der Waals surface area contributed by atoms with Gasteiger partial charge in [-0.1, -0.05) is 6.07 Å². The van der Waals surface area contributed by atoms with Crippen molar-refractivity contribution in [3.63, 3.8) is 0 Å². The van der Waals surface area contributed by atoms with Crippen LogP contribution in [0.5, 0.6) is 5.75 Å². The van der Waals surface area contributed by atoms with E-state index in [1.807, 2.05) is 29.5 Å². The van der Waals surface area contributed by atoms with Crippen LogP contribution >= 0.6 is 22.6 Å². The summed E-state index contributed by atoms with van der Waals surface area (Å²) in [6.45, 7) is 1.85. The molecule has 0 aromatic heterocycles. The van der Waals surface area contributed by atoms with Crippen LogP contribution < -0.4 is 9.64 Å². The summed E-state index contributed by atoms with van der Waals surface area (Å²) in [5, 5.41) is 10.1. The zero-order chi connectivity index (χ0) is 14.9. The van der Waals surface area contributed by atoms with Gasteiger partial charge in [-0.3, -0.25) is 0 Å². The van der Waals surface area contributed by atoms with E-state index in [-0.39, 0.29) is 5.75 Å². The summed E-state index contributed by atoms with van der Waals surface area (Å²) in [4.78, 5) is 1.47. The first-order valence-corrected chi connectivity index (χ1v) is 6.72. The normalized spacial score (nSPS) is 19.5. The van der Waals surface area contributed by atoms with Crippen molar-refractivity contribution in [2.45, 2.75) is 19.5 Å². The van der Waals surface area contributed by atoms with Crippen LogP contribution in [0.15, 0.2) is 45.7 Å². The zero-order valence-electron chi connectivity index (χ0n) is 10.4. The number of rotatable bonds is 2. The Balaban J connectivity index is 2.27. The van der Waals surface area contributed by atoms with E-state index in [1.54, 1.807) is 18.3 Å². The molecule has 0 bridgehead atoms. The highest BCUT2D eigenvalue weighted by molar-refractivity contribution is 14.1. The summed E-state index contributed by atoms with van der Waals surface area (Å²) in [6, 6.07) is 5.48. The lowest BCUT2D eigenvalue weighted by Gasteiger charge is -2.30. The van der Waals surface area contributed by atoms with E-state index < -0.39 is 12.6 Å². The van der Waals surface area contributed by atoms with E-state index in [0.717, 1.165) is 5.57 Å². The van der Waals surface area contributed by atoms with Crippen LogP contribution in [-0.2, 0) is 0 Å².